The van der Waals surface area contributed by atoms with Gasteiger partial charge in [0, 0.05) is 13.0 Å². The summed E-state index contributed by atoms with van der Waals surface area (Å²) in [6.45, 7) is 6.50. The van der Waals surface area contributed by atoms with Crippen molar-refractivity contribution in [1.29, 1.82) is 0 Å². The summed E-state index contributed by atoms with van der Waals surface area (Å²) in [5.74, 6) is 5.50. The number of aromatic nitrogens is 4. The number of anilines is 1. The summed E-state index contributed by atoms with van der Waals surface area (Å²) < 4.78 is 12.4. The molecular formula is C23H35N7O5. The van der Waals surface area contributed by atoms with Gasteiger partial charge in [0.25, 0.3) is 0 Å². The molecule has 1 aliphatic rings. The van der Waals surface area contributed by atoms with Gasteiger partial charge in [-0.3, -0.25) is 9.36 Å². The van der Waals surface area contributed by atoms with Crippen molar-refractivity contribution in [2.24, 2.45) is 11.8 Å². The number of carbonyl (C=O) groups is 1. The summed E-state index contributed by atoms with van der Waals surface area (Å²) in [6, 6.07) is 0.164. The summed E-state index contributed by atoms with van der Waals surface area (Å²) in [7, 11) is 0. The van der Waals surface area contributed by atoms with E-state index in [0.29, 0.717) is 56.6 Å². The molecule has 1 aliphatic carbocycles. The predicted molar refractivity (Wildman–Crippen MR) is 131 cm³/mol. The van der Waals surface area contributed by atoms with Crippen LogP contribution in [0.25, 0.3) is 11.2 Å². The fraction of sp³-hybridized carbons (Fsp3) is 0.565. The van der Waals surface area contributed by atoms with Crippen LogP contribution in [0.2, 0.25) is 0 Å². The van der Waals surface area contributed by atoms with E-state index in [1.807, 2.05) is 12.2 Å². The number of rotatable bonds is 14. The molecular weight excluding hydrogens is 454 g/mol. The highest BCUT2D eigenvalue weighted by atomic mass is 16.6. The van der Waals surface area contributed by atoms with E-state index in [2.05, 4.69) is 39.0 Å². The smallest absolute Gasteiger partial charge is 0.328 e. The van der Waals surface area contributed by atoms with E-state index in [1.54, 1.807) is 4.57 Å². The number of aromatic amines is 1. The van der Waals surface area contributed by atoms with Crippen LogP contribution in [0, 0.1) is 5.92 Å². The SMILES string of the molecule is CC(C)CCOc1nc(N)c2[nH]c(=O)n(CC3=CC=C(CNC(=O)CCOCCON)CC3)c2n1. The molecule has 35 heavy (non-hydrogen) atoms. The van der Waals surface area contributed by atoms with Crippen molar-refractivity contribution in [2.75, 3.05) is 38.7 Å². The standard InChI is InChI=1S/C23H35N7O5/c1-15(2)7-10-34-22-28-20(24)19-21(29-22)30(23(32)27-19)14-17-5-3-16(4-6-17)13-26-18(31)8-9-33-11-12-35-25/h3,5,15H,4,6-14,25H2,1-2H3,(H,26,31)(H,27,32)(H2,24,28,29). The van der Waals surface area contributed by atoms with Crippen LogP contribution in [0.5, 0.6) is 6.01 Å². The average Bonchev–Trinajstić information content (AvgIpc) is 3.14. The Morgan fingerprint density at radius 1 is 1.17 bits per heavy atom. The average molecular weight is 490 g/mol. The van der Waals surface area contributed by atoms with Gasteiger partial charge in [-0.1, -0.05) is 37.1 Å². The van der Waals surface area contributed by atoms with Crippen LogP contribution in [-0.4, -0.2) is 58.4 Å². The molecule has 2 aromatic heterocycles. The molecule has 0 spiro atoms. The molecule has 2 aromatic rings. The summed E-state index contributed by atoms with van der Waals surface area (Å²) in [5, 5.41) is 2.90. The number of amides is 1. The maximum Gasteiger partial charge on any atom is 0.328 e. The lowest BCUT2D eigenvalue weighted by atomic mass is 9.98. The quantitative estimate of drug-likeness (QED) is 0.224. The second kappa shape index (κ2) is 13.0. The lowest BCUT2D eigenvalue weighted by Crippen LogP contribution is -2.27. The topological polar surface area (TPSA) is 172 Å². The van der Waals surface area contributed by atoms with Crippen molar-refractivity contribution in [2.45, 2.75) is 46.1 Å². The van der Waals surface area contributed by atoms with Gasteiger partial charge in [-0.2, -0.15) is 9.97 Å². The molecule has 0 aliphatic heterocycles. The van der Waals surface area contributed by atoms with E-state index in [9.17, 15) is 9.59 Å². The second-order valence-corrected chi connectivity index (χ2v) is 8.80. The number of nitrogens with two attached hydrogens (primary N) is 2. The number of hydrogen-bond acceptors (Lipinski definition) is 9. The van der Waals surface area contributed by atoms with Gasteiger partial charge in [0.2, 0.25) is 5.91 Å². The van der Waals surface area contributed by atoms with Crippen LogP contribution in [0.4, 0.5) is 5.82 Å². The van der Waals surface area contributed by atoms with Crippen LogP contribution < -0.4 is 27.4 Å². The van der Waals surface area contributed by atoms with Crippen molar-refractivity contribution in [3.63, 3.8) is 0 Å². The van der Waals surface area contributed by atoms with Gasteiger partial charge in [0.05, 0.1) is 33.0 Å². The van der Waals surface area contributed by atoms with Crippen LogP contribution >= 0.6 is 0 Å². The van der Waals surface area contributed by atoms with Gasteiger partial charge >= 0.3 is 11.7 Å². The minimum absolute atomic E-state index is 0.0802. The van der Waals surface area contributed by atoms with E-state index in [-0.39, 0.29) is 29.8 Å². The first-order valence-electron chi connectivity index (χ1n) is 11.8. The van der Waals surface area contributed by atoms with E-state index < -0.39 is 0 Å². The highest BCUT2D eigenvalue weighted by Crippen LogP contribution is 2.22. The van der Waals surface area contributed by atoms with Crippen molar-refractivity contribution in [3.05, 3.63) is 33.8 Å². The molecule has 1 amide bonds. The minimum atomic E-state index is -0.302. The van der Waals surface area contributed by atoms with E-state index in [0.717, 1.165) is 30.4 Å². The van der Waals surface area contributed by atoms with Gasteiger partial charge in [0.1, 0.15) is 5.52 Å². The van der Waals surface area contributed by atoms with Crippen molar-refractivity contribution in [1.82, 2.24) is 24.8 Å². The molecule has 0 unspecified atom stereocenters. The molecule has 12 heteroatoms. The van der Waals surface area contributed by atoms with Crippen LogP contribution in [-0.2, 0) is 20.9 Å². The first-order valence-corrected chi connectivity index (χ1v) is 11.8. The molecule has 0 saturated carbocycles. The molecule has 0 aromatic carbocycles. The highest BCUT2D eigenvalue weighted by Gasteiger charge is 2.17. The van der Waals surface area contributed by atoms with Crippen molar-refractivity contribution >= 4 is 22.9 Å². The van der Waals surface area contributed by atoms with Gasteiger partial charge in [-0.15, -0.1) is 0 Å². The highest BCUT2D eigenvalue weighted by molar-refractivity contribution is 5.82. The molecule has 12 nitrogen and oxygen atoms in total. The number of fused-ring (bicyclic) bond motifs is 1. The number of carbonyl (C=O) groups excluding carboxylic acids is 1. The zero-order chi connectivity index (χ0) is 25.2. The third-order valence-corrected chi connectivity index (χ3v) is 5.57. The number of nitrogen functional groups attached to an aromatic ring is 1. The maximum atomic E-state index is 12.6. The maximum absolute atomic E-state index is 12.6. The monoisotopic (exact) mass is 489 g/mol. The Morgan fingerprint density at radius 2 is 1.94 bits per heavy atom. The largest absolute Gasteiger partial charge is 0.463 e. The van der Waals surface area contributed by atoms with Gasteiger partial charge in [-0.25, -0.2) is 10.7 Å². The van der Waals surface area contributed by atoms with Crippen LogP contribution in [0.1, 0.15) is 39.5 Å². The number of H-pyrrole nitrogens is 1. The summed E-state index contributed by atoms with van der Waals surface area (Å²) in [4.78, 5) is 40.3. The van der Waals surface area contributed by atoms with Gasteiger partial charge in [0.15, 0.2) is 11.5 Å². The molecule has 0 radical (unpaired) electrons. The zero-order valence-corrected chi connectivity index (χ0v) is 20.3. The fourth-order valence-corrected chi connectivity index (χ4v) is 3.51. The molecule has 2 heterocycles. The lowest BCUT2D eigenvalue weighted by Gasteiger charge is -2.16. The summed E-state index contributed by atoms with van der Waals surface area (Å²) in [6.07, 6.45) is 6.65. The Morgan fingerprint density at radius 3 is 2.66 bits per heavy atom. The number of hydrogen-bond donors (Lipinski definition) is 4. The van der Waals surface area contributed by atoms with Crippen molar-refractivity contribution < 1.29 is 19.1 Å². The number of nitrogens with zero attached hydrogens (tertiary/aromatic N) is 3. The Balaban J connectivity index is 1.59. The summed E-state index contributed by atoms with van der Waals surface area (Å²) in [5.41, 5.74) is 8.74. The van der Waals surface area contributed by atoms with E-state index >= 15 is 0 Å². The lowest BCUT2D eigenvalue weighted by molar-refractivity contribution is -0.122. The van der Waals surface area contributed by atoms with Gasteiger partial charge < -0.3 is 30.3 Å². The van der Waals surface area contributed by atoms with Gasteiger partial charge in [-0.05, 0) is 25.2 Å². The summed E-state index contributed by atoms with van der Waals surface area (Å²) >= 11 is 0. The molecule has 0 atom stereocenters. The molecule has 6 N–H and O–H groups in total. The molecule has 0 fully saturated rings. The van der Waals surface area contributed by atoms with Crippen molar-refractivity contribution in [3.8, 4) is 6.01 Å². The minimum Gasteiger partial charge on any atom is -0.463 e. The van der Waals surface area contributed by atoms with Crippen LogP contribution in [0.3, 0.4) is 0 Å². The Kier molecular flexibility index (Phi) is 9.82. The number of nitrogens with one attached hydrogen (secondary N) is 2. The van der Waals surface area contributed by atoms with Crippen LogP contribution in [0.15, 0.2) is 28.1 Å². The number of allylic oxidation sites excluding steroid dienone is 3. The molecule has 0 saturated heterocycles. The number of imidazole rings is 1. The first-order chi connectivity index (χ1) is 16.9. The Hall–Kier alpha value is -3.22. The molecule has 192 valence electrons. The second-order valence-electron chi connectivity index (χ2n) is 8.80. The third kappa shape index (κ3) is 7.91. The normalized spacial score (nSPS) is 13.7. The molecule has 3 rings (SSSR count). The Bertz CT molecular complexity index is 1120. The van der Waals surface area contributed by atoms with E-state index in [1.165, 1.54) is 0 Å². The zero-order valence-electron chi connectivity index (χ0n) is 20.3. The number of ether oxygens (including phenoxy) is 2. The first kappa shape index (κ1) is 26.4. The fourth-order valence-electron chi connectivity index (χ4n) is 3.51. The predicted octanol–water partition coefficient (Wildman–Crippen LogP) is 1.19. The molecule has 0 bridgehead atoms. The Labute approximate surface area is 203 Å². The third-order valence-electron chi connectivity index (χ3n) is 5.57. The van der Waals surface area contributed by atoms with E-state index in [4.69, 9.17) is 21.1 Å².